The summed E-state index contributed by atoms with van der Waals surface area (Å²) in [5.74, 6) is 1.66. The number of fused-ring (bicyclic) bond motifs is 1. The maximum absolute atomic E-state index is 5.92. The van der Waals surface area contributed by atoms with Crippen molar-refractivity contribution in [3.05, 3.63) is 29.3 Å². The van der Waals surface area contributed by atoms with Gasteiger partial charge in [-0.05, 0) is 12.1 Å². The van der Waals surface area contributed by atoms with Gasteiger partial charge in [0.1, 0.15) is 11.5 Å². The van der Waals surface area contributed by atoms with Gasteiger partial charge in [0.15, 0.2) is 0 Å². The molecule has 1 atom stereocenters. The van der Waals surface area contributed by atoms with E-state index in [1.165, 1.54) is 0 Å². The standard InChI is InChI=1S/C11H13NO2/c1-13-9-5-6-10(14-2)11-7(9)3-4-8(11)12/h3-6,8H,12H2,1-2H3. The van der Waals surface area contributed by atoms with Crippen LogP contribution in [0.3, 0.4) is 0 Å². The van der Waals surface area contributed by atoms with Gasteiger partial charge < -0.3 is 15.2 Å². The molecular formula is C11H13NO2. The van der Waals surface area contributed by atoms with Crippen molar-refractivity contribution in [1.29, 1.82) is 0 Å². The first-order valence-corrected chi connectivity index (χ1v) is 4.46. The average molecular weight is 191 g/mol. The molecule has 0 saturated carbocycles. The van der Waals surface area contributed by atoms with Gasteiger partial charge in [-0.3, -0.25) is 0 Å². The van der Waals surface area contributed by atoms with Crippen LogP contribution in [0.4, 0.5) is 0 Å². The largest absolute Gasteiger partial charge is 0.496 e. The summed E-state index contributed by atoms with van der Waals surface area (Å²) in [7, 11) is 3.30. The summed E-state index contributed by atoms with van der Waals surface area (Å²) in [4.78, 5) is 0. The Labute approximate surface area is 83.1 Å². The van der Waals surface area contributed by atoms with Crippen LogP contribution < -0.4 is 15.2 Å². The van der Waals surface area contributed by atoms with E-state index in [0.29, 0.717) is 0 Å². The van der Waals surface area contributed by atoms with Gasteiger partial charge in [-0.25, -0.2) is 0 Å². The summed E-state index contributed by atoms with van der Waals surface area (Å²) in [5.41, 5.74) is 7.96. The molecule has 1 aliphatic rings. The molecule has 0 radical (unpaired) electrons. The normalized spacial score (nSPS) is 18.1. The Kier molecular flexibility index (Phi) is 2.17. The first-order chi connectivity index (χ1) is 6.77. The molecule has 1 aromatic carbocycles. The molecule has 3 nitrogen and oxygen atoms in total. The van der Waals surface area contributed by atoms with Crippen molar-refractivity contribution in [1.82, 2.24) is 0 Å². The van der Waals surface area contributed by atoms with Crippen molar-refractivity contribution in [3.8, 4) is 11.5 Å². The Hall–Kier alpha value is -1.48. The Morgan fingerprint density at radius 3 is 2.43 bits per heavy atom. The van der Waals surface area contributed by atoms with Crippen LogP contribution in [-0.4, -0.2) is 14.2 Å². The van der Waals surface area contributed by atoms with E-state index in [1.54, 1.807) is 14.2 Å². The van der Waals surface area contributed by atoms with Crippen molar-refractivity contribution in [2.75, 3.05) is 14.2 Å². The fourth-order valence-electron chi connectivity index (χ4n) is 1.76. The topological polar surface area (TPSA) is 44.5 Å². The highest BCUT2D eigenvalue weighted by Gasteiger charge is 2.21. The smallest absolute Gasteiger partial charge is 0.126 e. The molecule has 0 heterocycles. The predicted octanol–water partition coefficient (Wildman–Crippen LogP) is 1.73. The third kappa shape index (κ3) is 1.17. The van der Waals surface area contributed by atoms with Gasteiger partial charge in [0.2, 0.25) is 0 Å². The summed E-state index contributed by atoms with van der Waals surface area (Å²) in [6.07, 6.45) is 3.91. The monoisotopic (exact) mass is 191 g/mol. The Morgan fingerprint density at radius 2 is 1.79 bits per heavy atom. The molecule has 3 heteroatoms. The van der Waals surface area contributed by atoms with Crippen LogP contribution in [0.15, 0.2) is 18.2 Å². The van der Waals surface area contributed by atoms with Crippen LogP contribution in [0, 0.1) is 0 Å². The third-order valence-electron chi connectivity index (χ3n) is 2.45. The number of rotatable bonds is 2. The minimum Gasteiger partial charge on any atom is -0.496 e. The van der Waals surface area contributed by atoms with Crippen molar-refractivity contribution < 1.29 is 9.47 Å². The molecule has 0 saturated heterocycles. The molecule has 74 valence electrons. The molecule has 0 amide bonds. The predicted molar refractivity (Wildman–Crippen MR) is 55.5 cm³/mol. The molecule has 14 heavy (non-hydrogen) atoms. The van der Waals surface area contributed by atoms with E-state index in [0.717, 1.165) is 22.6 Å². The van der Waals surface area contributed by atoms with Crippen LogP contribution in [0.25, 0.3) is 6.08 Å². The molecule has 0 fully saturated rings. The molecule has 1 aliphatic carbocycles. The van der Waals surface area contributed by atoms with E-state index in [-0.39, 0.29) is 6.04 Å². The number of nitrogens with two attached hydrogens (primary N) is 1. The van der Waals surface area contributed by atoms with E-state index in [4.69, 9.17) is 15.2 Å². The van der Waals surface area contributed by atoms with Crippen LogP contribution in [0.5, 0.6) is 11.5 Å². The zero-order valence-corrected chi connectivity index (χ0v) is 8.28. The minimum absolute atomic E-state index is 0.0879. The van der Waals surface area contributed by atoms with Gasteiger partial charge in [-0.2, -0.15) is 0 Å². The summed E-state index contributed by atoms with van der Waals surface area (Å²) in [6.45, 7) is 0. The van der Waals surface area contributed by atoms with Gasteiger partial charge in [0.05, 0.1) is 20.3 Å². The molecule has 0 spiro atoms. The van der Waals surface area contributed by atoms with Crippen molar-refractivity contribution in [2.45, 2.75) is 6.04 Å². The number of hydrogen-bond acceptors (Lipinski definition) is 3. The van der Waals surface area contributed by atoms with Gasteiger partial charge >= 0.3 is 0 Å². The highest BCUT2D eigenvalue weighted by Crippen LogP contribution is 2.39. The van der Waals surface area contributed by atoms with Crippen LogP contribution in [-0.2, 0) is 0 Å². The Morgan fingerprint density at radius 1 is 1.14 bits per heavy atom. The second-order valence-electron chi connectivity index (χ2n) is 3.18. The van der Waals surface area contributed by atoms with E-state index in [1.807, 2.05) is 24.3 Å². The quantitative estimate of drug-likeness (QED) is 0.774. The molecule has 1 aromatic rings. The van der Waals surface area contributed by atoms with Crippen LogP contribution in [0.1, 0.15) is 17.2 Å². The van der Waals surface area contributed by atoms with Gasteiger partial charge in [-0.1, -0.05) is 12.2 Å². The van der Waals surface area contributed by atoms with Gasteiger partial charge in [-0.15, -0.1) is 0 Å². The molecule has 2 rings (SSSR count). The Bertz CT molecular complexity index is 385. The summed E-state index contributed by atoms with van der Waals surface area (Å²) in [6, 6.07) is 3.68. The molecule has 1 unspecified atom stereocenters. The molecule has 0 aromatic heterocycles. The molecule has 2 N–H and O–H groups in total. The van der Waals surface area contributed by atoms with Crippen LogP contribution >= 0.6 is 0 Å². The van der Waals surface area contributed by atoms with E-state index >= 15 is 0 Å². The first kappa shape index (κ1) is 9.09. The SMILES string of the molecule is COc1ccc(OC)c2c1C=CC2N. The average Bonchev–Trinajstić information content (AvgIpc) is 2.60. The fraction of sp³-hybridized carbons (Fsp3) is 0.273. The Balaban J connectivity index is 2.61. The molecular weight excluding hydrogens is 178 g/mol. The van der Waals surface area contributed by atoms with Gasteiger partial charge in [0.25, 0.3) is 0 Å². The van der Waals surface area contributed by atoms with Crippen molar-refractivity contribution in [3.63, 3.8) is 0 Å². The molecule has 0 aliphatic heterocycles. The zero-order valence-electron chi connectivity index (χ0n) is 8.28. The summed E-state index contributed by atoms with van der Waals surface area (Å²) < 4.78 is 10.5. The van der Waals surface area contributed by atoms with Crippen molar-refractivity contribution in [2.24, 2.45) is 5.73 Å². The highest BCUT2D eigenvalue weighted by atomic mass is 16.5. The molecule has 0 bridgehead atoms. The number of hydrogen-bond donors (Lipinski definition) is 1. The summed E-state index contributed by atoms with van der Waals surface area (Å²) >= 11 is 0. The van der Waals surface area contributed by atoms with E-state index in [9.17, 15) is 0 Å². The summed E-state index contributed by atoms with van der Waals surface area (Å²) in [5, 5.41) is 0. The number of ether oxygens (including phenoxy) is 2. The lowest BCUT2D eigenvalue weighted by molar-refractivity contribution is 0.397. The maximum atomic E-state index is 5.92. The lowest BCUT2D eigenvalue weighted by Gasteiger charge is -2.13. The lowest BCUT2D eigenvalue weighted by Crippen LogP contribution is -2.07. The minimum atomic E-state index is -0.0879. The number of methoxy groups -OCH3 is 2. The first-order valence-electron chi connectivity index (χ1n) is 4.46. The highest BCUT2D eigenvalue weighted by molar-refractivity contribution is 5.71. The third-order valence-corrected chi connectivity index (χ3v) is 2.45. The zero-order chi connectivity index (χ0) is 10.1. The van der Waals surface area contributed by atoms with Gasteiger partial charge in [0, 0.05) is 11.1 Å². The van der Waals surface area contributed by atoms with E-state index in [2.05, 4.69) is 0 Å². The lowest BCUT2D eigenvalue weighted by atomic mass is 10.1. The second kappa shape index (κ2) is 3.35. The van der Waals surface area contributed by atoms with Crippen LogP contribution in [0.2, 0.25) is 0 Å². The second-order valence-corrected chi connectivity index (χ2v) is 3.18. The van der Waals surface area contributed by atoms with Crippen molar-refractivity contribution >= 4 is 6.08 Å². The number of benzene rings is 1. The maximum Gasteiger partial charge on any atom is 0.126 e. The van der Waals surface area contributed by atoms with E-state index < -0.39 is 0 Å². The fourth-order valence-corrected chi connectivity index (χ4v) is 1.76.